The Labute approximate surface area is 169 Å². The Bertz CT molecular complexity index is 940. The molecular formula is C22H24N4O3. The molecule has 7 heteroatoms. The third-order valence-corrected chi connectivity index (χ3v) is 4.81. The molecule has 0 bridgehead atoms. The molecule has 0 atom stereocenters. The van der Waals surface area contributed by atoms with Gasteiger partial charge in [-0.3, -0.25) is 14.4 Å². The van der Waals surface area contributed by atoms with Gasteiger partial charge in [0.2, 0.25) is 17.7 Å². The van der Waals surface area contributed by atoms with E-state index in [4.69, 9.17) is 5.73 Å². The highest BCUT2D eigenvalue weighted by Gasteiger charge is 2.22. The van der Waals surface area contributed by atoms with E-state index in [2.05, 4.69) is 5.10 Å². The van der Waals surface area contributed by atoms with Crippen molar-refractivity contribution in [1.82, 2.24) is 9.91 Å². The molecule has 0 saturated heterocycles. The van der Waals surface area contributed by atoms with E-state index in [0.29, 0.717) is 25.1 Å². The number of nitrogens with two attached hydrogens (primary N) is 1. The topological polar surface area (TPSA) is 96.1 Å². The van der Waals surface area contributed by atoms with E-state index < -0.39 is 5.91 Å². The van der Waals surface area contributed by atoms with Crippen molar-refractivity contribution in [3.63, 3.8) is 0 Å². The Kier molecular flexibility index (Phi) is 6.39. The fourth-order valence-electron chi connectivity index (χ4n) is 3.19. The molecule has 0 aromatic heterocycles. The first-order valence-electron chi connectivity index (χ1n) is 9.50. The molecule has 3 amide bonds. The first kappa shape index (κ1) is 20.3. The molecular weight excluding hydrogens is 368 g/mol. The predicted octanol–water partition coefficient (Wildman–Crippen LogP) is 2.16. The minimum Gasteiger partial charge on any atom is -0.366 e. The number of rotatable bonds is 7. The Morgan fingerprint density at radius 2 is 1.83 bits per heavy atom. The molecule has 0 spiro atoms. The largest absolute Gasteiger partial charge is 0.366 e. The maximum atomic E-state index is 12.4. The van der Waals surface area contributed by atoms with E-state index in [0.717, 1.165) is 16.8 Å². The Balaban J connectivity index is 1.51. The van der Waals surface area contributed by atoms with Gasteiger partial charge in [-0.05, 0) is 23.3 Å². The predicted molar refractivity (Wildman–Crippen MR) is 110 cm³/mol. The van der Waals surface area contributed by atoms with E-state index in [1.165, 1.54) is 9.91 Å². The lowest BCUT2D eigenvalue weighted by molar-refractivity contribution is -0.136. The molecule has 29 heavy (non-hydrogen) atoms. The van der Waals surface area contributed by atoms with Crippen LogP contribution in [-0.2, 0) is 16.1 Å². The lowest BCUT2D eigenvalue weighted by Crippen LogP contribution is -2.29. The zero-order valence-electron chi connectivity index (χ0n) is 16.4. The standard InChI is InChI=1S/C22H24N4O3/c1-25(15-16-6-5-9-18(14-16)22(23)29)20(27)10-11-21(28)26-13-12-19(24-26)17-7-3-2-4-8-17/h2-9,14H,10-13,15H2,1H3,(H2,23,29). The van der Waals surface area contributed by atoms with Gasteiger partial charge in [0.15, 0.2) is 0 Å². The van der Waals surface area contributed by atoms with Crippen molar-refractivity contribution >= 4 is 23.4 Å². The number of hydrogen-bond acceptors (Lipinski definition) is 4. The van der Waals surface area contributed by atoms with Crippen LogP contribution in [0.5, 0.6) is 0 Å². The minimum absolute atomic E-state index is 0.107. The number of carbonyl (C=O) groups is 3. The van der Waals surface area contributed by atoms with Gasteiger partial charge in [-0.25, -0.2) is 5.01 Å². The van der Waals surface area contributed by atoms with Crippen molar-refractivity contribution in [3.05, 3.63) is 71.3 Å². The number of hydrogen-bond donors (Lipinski definition) is 1. The van der Waals surface area contributed by atoms with Gasteiger partial charge in [-0.2, -0.15) is 5.10 Å². The summed E-state index contributed by atoms with van der Waals surface area (Å²) in [6.07, 6.45) is 0.924. The first-order chi connectivity index (χ1) is 13.9. The van der Waals surface area contributed by atoms with Crippen LogP contribution in [0, 0.1) is 0 Å². The Morgan fingerprint density at radius 3 is 2.55 bits per heavy atom. The van der Waals surface area contributed by atoms with Crippen LogP contribution in [-0.4, -0.2) is 46.9 Å². The van der Waals surface area contributed by atoms with Crippen LogP contribution < -0.4 is 5.73 Å². The minimum atomic E-state index is -0.507. The highest BCUT2D eigenvalue weighted by atomic mass is 16.2. The first-order valence-corrected chi connectivity index (χ1v) is 9.50. The number of primary amides is 1. The van der Waals surface area contributed by atoms with E-state index in [1.807, 2.05) is 36.4 Å². The van der Waals surface area contributed by atoms with Gasteiger partial charge >= 0.3 is 0 Å². The van der Waals surface area contributed by atoms with Crippen LogP contribution >= 0.6 is 0 Å². The van der Waals surface area contributed by atoms with Crippen molar-refractivity contribution in [2.75, 3.05) is 13.6 Å². The second-order valence-electron chi connectivity index (χ2n) is 6.99. The van der Waals surface area contributed by atoms with Crippen molar-refractivity contribution in [1.29, 1.82) is 0 Å². The van der Waals surface area contributed by atoms with Crippen molar-refractivity contribution in [2.45, 2.75) is 25.8 Å². The molecule has 7 nitrogen and oxygen atoms in total. The van der Waals surface area contributed by atoms with E-state index in [9.17, 15) is 14.4 Å². The molecule has 2 aromatic carbocycles. The molecule has 1 aliphatic heterocycles. The number of hydrazone groups is 1. The van der Waals surface area contributed by atoms with E-state index >= 15 is 0 Å². The number of benzene rings is 2. The molecule has 0 aliphatic carbocycles. The summed E-state index contributed by atoms with van der Waals surface area (Å²) in [5.74, 6) is -0.810. The zero-order valence-corrected chi connectivity index (χ0v) is 16.4. The van der Waals surface area contributed by atoms with Crippen molar-refractivity contribution < 1.29 is 14.4 Å². The molecule has 0 saturated carbocycles. The molecule has 3 rings (SSSR count). The number of nitrogens with zero attached hydrogens (tertiary/aromatic N) is 3. The Hall–Kier alpha value is -3.48. The molecule has 0 unspecified atom stereocenters. The summed E-state index contributed by atoms with van der Waals surface area (Å²) < 4.78 is 0. The average Bonchev–Trinajstić information content (AvgIpc) is 3.23. The summed E-state index contributed by atoms with van der Waals surface area (Å²) in [5, 5.41) is 5.86. The van der Waals surface area contributed by atoms with Crippen molar-refractivity contribution in [2.24, 2.45) is 10.8 Å². The van der Waals surface area contributed by atoms with Gasteiger partial charge in [0.1, 0.15) is 0 Å². The van der Waals surface area contributed by atoms with Gasteiger partial charge in [-0.1, -0.05) is 42.5 Å². The Morgan fingerprint density at radius 1 is 1.07 bits per heavy atom. The van der Waals surface area contributed by atoms with Gasteiger partial charge in [0.25, 0.3) is 0 Å². The monoisotopic (exact) mass is 392 g/mol. The number of carbonyl (C=O) groups excluding carboxylic acids is 3. The maximum absolute atomic E-state index is 12.4. The molecule has 2 N–H and O–H groups in total. The van der Waals surface area contributed by atoms with Crippen LogP contribution in [0.3, 0.4) is 0 Å². The lowest BCUT2D eigenvalue weighted by atomic mass is 10.1. The van der Waals surface area contributed by atoms with Gasteiger partial charge in [0.05, 0.1) is 12.3 Å². The van der Waals surface area contributed by atoms with Gasteiger partial charge < -0.3 is 10.6 Å². The SMILES string of the molecule is CN(Cc1cccc(C(N)=O)c1)C(=O)CCC(=O)N1CCC(c2ccccc2)=N1. The average molecular weight is 392 g/mol. The van der Waals surface area contributed by atoms with Crippen LogP contribution in [0.4, 0.5) is 0 Å². The second kappa shape index (κ2) is 9.14. The molecule has 1 aliphatic rings. The summed E-state index contributed by atoms with van der Waals surface area (Å²) in [6, 6.07) is 16.6. The normalized spacial score (nSPS) is 13.1. The quantitative estimate of drug-likeness (QED) is 0.782. The molecule has 150 valence electrons. The molecule has 2 aromatic rings. The molecule has 1 heterocycles. The van der Waals surface area contributed by atoms with E-state index in [-0.39, 0.29) is 24.7 Å². The summed E-state index contributed by atoms with van der Waals surface area (Å²) in [5.41, 5.74) is 8.39. The molecule has 0 radical (unpaired) electrons. The summed E-state index contributed by atoms with van der Waals surface area (Å²) in [6.45, 7) is 0.876. The fraction of sp³-hybridized carbons (Fsp3) is 0.273. The summed E-state index contributed by atoms with van der Waals surface area (Å²) in [7, 11) is 1.67. The van der Waals surface area contributed by atoms with Crippen LogP contribution in [0.25, 0.3) is 0 Å². The lowest BCUT2D eigenvalue weighted by Gasteiger charge is -2.18. The van der Waals surface area contributed by atoms with Gasteiger partial charge in [0, 0.05) is 38.4 Å². The van der Waals surface area contributed by atoms with Crippen LogP contribution in [0.2, 0.25) is 0 Å². The van der Waals surface area contributed by atoms with Crippen LogP contribution in [0.1, 0.15) is 40.7 Å². The van der Waals surface area contributed by atoms with Gasteiger partial charge in [-0.15, -0.1) is 0 Å². The summed E-state index contributed by atoms with van der Waals surface area (Å²) >= 11 is 0. The highest BCUT2D eigenvalue weighted by Crippen LogP contribution is 2.15. The fourth-order valence-corrected chi connectivity index (χ4v) is 3.19. The van der Waals surface area contributed by atoms with Crippen molar-refractivity contribution in [3.8, 4) is 0 Å². The second-order valence-corrected chi connectivity index (χ2v) is 6.99. The number of amides is 3. The summed E-state index contributed by atoms with van der Waals surface area (Å²) in [4.78, 5) is 37.6. The third kappa shape index (κ3) is 5.28. The zero-order chi connectivity index (χ0) is 20.8. The smallest absolute Gasteiger partial charge is 0.248 e. The third-order valence-electron chi connectivity index (χ3n) is 4.81. The molecule has 0 fully saturated rings. The maximum Gasteiger partial charge on any atom is 0.248 e. The van der Waals surface area contributed by atoms with E-state index in [1.54, 1.807) is 25.2 Å². The highest BCUT2D eigenvalue weighted by molar-refractivity contribution is 6.02. The van der Waals surface area contributed by atoms with Crippen LogP contribution in [0.15, 0.2) is 59.7 Å².